The summed E-state index contributed by atoms with van der Waals surface area (Å²) >= 11 is 0. The van der Waals surface area contributed by atoms with Gasteiger partial charge in [-0.25, -0.2) is 4.72 Å². The van der Waals surface area contributed by atoms with Crippen molar-refractivity contribution < 1.29 is 8.42 Å². The maximum absolute atomic E-state index is 12.5. The second-order valence-electron chi connectivity index (χ2n) is 7.18. The molecule has 0 aromatic rings. The molecule has 3 atom stereocenters. The van der Waals surface area contributed by atoms with Crippen LogP contribution in [0.3, 0.4) is 0 Å². The monoisotopic (exact) mass is 339 g/mol. The van der Waals surface area contributed by atoms with Crippen molar-refractivity contribution >= 4 is 22.6 Å². The van der Waals surface area contributed by atoms with E-state index in [4.69, 9.17) is 0 Å². The van der Waals surface area contributed by atoms with Crippen molar-refractivity contribution in [3.05, 3.63) is 0 Å². The van der Waals surface area contributed by atoms with Gasteiger partial charge in [0.1, 0.15) is 0 Å². The predicted octanol–water partition coefficient (Wildman–Crippen LogP) is 1.61. The molecule has 2 aliphatic heterocycles. The van der Waals surface area contributed by atoms with Crippen molar-refractivity contribution in [2.45, 2.75) is 40.0 Å². The van der Waals surface area contributed by atoms with Gasteiger partial charge in [0.2, 0.25) is 0 Å². The van der Waals surface area contributed by atoms with E-state index < -0.39 is 10.2 Å². The number of hydrogen-bond acceptors (Lipinski definition) is 3. The Morgan fingerprint density at radius 2 is 1.90 bits per heavy atom. The van der Waals surface area contributed by atoms with E-state index in [9.17, 15) is 8.42 Å². The molecule has 3 unspecified atom stereocenters. The molecule has 7 heteroatoms. The third-order valence-corrected chi connectivity index (χ3v) is 6.03. The minimum absolute atomic E-state index is 0. The minimum Gasteiger partial charge on any atom is -0.316 e. The van der Waals surface area contributed by atoms with E-state index in [1.807, 2.05) is 0 Å². The van der Waals surface area contributed by atoms with Gasteiger partial charge in [-0.2, -0.15) is 12.7 Å². The van der Waals surface area contributed by atoms with Gasteiger partial charge in [-0.3, -0.25) is 0 Å². The lowest BCUT2D eigenvalue weighted by Gasteiger charge is -2.37. The quantitative estimate of drug-likeness (QED) is 0.818. The molecule has 0 saturated carbocycles. The Balaban J connectivity index is 0.00000220. The molecular weight excluding hydrogens is 310 g/mol. The molecule has 0 radical (unpaired) electrons. The van der Waals surface area contributed by atoms with E-state index in [0.717, 1.165) is 32.4 Å². The van der Waals surface area contributed by atoms with Crippen molar-refractivity contribution in [2.75, 3.05) is 32.7 Å². The Hall–Kier alpha value is 0.120. The minimum atomic E-state index is -3.33. The van der Waals surface area contributed by atoms with E-state index in [-0.39, 0.29) is 17.8 Å². The second-order valence-corrected chi connectivity index (χ2v) is 8.94. The summed E-state index contributed by atoms with van der Waals surface area (Å²) in [6, 6.07) is 0. The van der Waals surface area contributed by atoms with E-state index >= 15 is 0 Å². The molecule has 2 heterocycles. The average Bonchev–Trinajstić information content (AvgIpc) is 2.37. The van der Waals surface area contributed by atoms with E-state index in [1.165, 1.54) is 0 Å². The molecule has 0 spiro atoms. The maximum atomic E-state index is 12.5. The third kappa shape index (κ3) is 5.36. The van der Waals surface area contributed by atoms with Gasteiger partial charge in [0, 0.05) is 26.2 Å². The topological polar surface area (TPSA) is 61.4 Å². The summed E-state index contributed by atoms with van der Waals surface area (Å²) in [4.78, 5) is 0. The summed E-state index contributed by atoms with van der Waals surface area (Å²) in [5.74, 6) is 0.893. The van der Waals surface area contributed by atoms with Crippen LogP contribution in [0.4, 0.5) is 0 Å². The first-order chi connectivity index (χ1) is 9.31. The van der Waals surface area contributed by atoms with Crippen LogP contribution in [-0.4, -0.2) is 45.4 Å². The van der Waals surface area contributed by atoms with Crippen LogP contribution >= 0.6 is 12.4 Å². The lowest BCUT2D eigenvalue weighted by Crippen LogP contribution is -2.52. The lowest BCUT2D eigenvalue weighted by molar-refractivity contribution is 0.212. The van der Waals surface area contributed by atoms with Gasteiger partial charge in [0.05, 0.1) is 0 Å². The molecule has 2 saturated heterocycles. The van der Waals surface area contributed by atoms with Gasteiger partial charge in [0.25, 0.3) is 10.2 Å². The Bertz CT molecular complexity index is 414. The first-order valence-corrected chi connectivity index (χ1v) is 9.20. The molecule has 0 amide bonds. The summed E-state index contributed by atoms with van der Waals surface area (Å²) in [6.45, 7) is 10.2. The largest absolute Gasteiger partial charge is 0.316 e. The standard InChI is InChI=1S/C14H29N3O2S.ClH/c1-12-7-13(2)9-17(8-12)20(18,19)16-11-14(3)5-4-6-15-10-14;/h12-13,15-16H,4-11H2,1-3H3;1H. The summed E-state index contributed by atoms with van der Waals surface area (Å²) in [6.07, 6.45) is 3.32. The zero-order chi connectivity index (χ0) is 14.8. The first-order valence-electron chi connectivity index (χ1n) is 7.76. The Morgan fingerprint density at radius 1 is 1.29 bits per heavy atom. The van der Waals surface area contributed by atoms with Crippen molar-refractivity contribution in [2.24, 2.45) is 17.3 Å². The Morgan fingerprint density at radius 3 is 2.43 bits per heavy atom. The zero-order valence-corrected chi connectivity index (χ0v) is 15.0. The average molecular weight is 340 g/mol. The van der Waals surface area contributed by atoms with Crippen molar-refractivity contribution in [1.29, 1.82) is 0 Å². The van der Waals surface area contributed by atoms with Crippen molar-refractivity contribution in [3.63, 3.8) is 0 Å². The van der Waals surface area contributed by atoms with Gasteiger partial charge in [0.15, 0.2) is 0 Å². The summed E-state index contributed by atoms with van der Waals surface area (Å²) in [5.41, 5.74) is 0.0400. The van der Waals surface area contributed by atoms with Crippen LogP contribution in [0.15, 0.2) is 0 Å². The van der Waals surface area contributed by atoms with Crippen LogP contribution in [0.1, 0.15) is 40.0 Å². The summed E-state index contributed by atoms with van der Waals surface area (Å²) < 4.78 is 29.4. The SMILES string of the molecule is CC1CC(C)CN(S(=O)(=O)NCC2(C)CCCNC2)C1.Cl. The molecule has 2 N–H and O–H groups in total. The molecule has 5 nitrogen and oxygen atoms in total. The number of halogens is 1. The molecule has 0 aromatic heterocycles. The molecule has 2 rings (SSSR count). The van der Waals surface area contributed by atoms with Gasteiger partial charge < -0.3 is 5.32 Å². The highest BCUT2D eigenvalue weighted by molar-refractivity contribution is 7.87. The van der Waals surface area contributed by atoms with Crippen LogP contribution < -0.4 is 10.0 Å². The van der Waals surface area contributed by atoms with Crippen molar-refractivity contribution in [1.82, 2.24) is 14.3 Å². The van der Waals surface area contributed by atoms with E-state index in [0.29, 0.717) is 31.5 Å². The molecule has 2 aliphatic rings. The first kappa shape index (κ1) is 19.2. The number of piperidine rings is 2. The molecule has 0 bridgehead atoms. The van der Waals surface area contributed by atoms with E-state index in [2.05, 4.69) is 30.8 Å². The van der Waals surface area contributed by atoms with E-state index in [1.54, 1.807) is 4.31 Å². The Kier molecular flexibility index (Phi) is 6.93. The predicted molar refractivity (Wildman–Crippen MR) is 88.9 cm³/mol. The van der Waals surface area contributed by atoms with Gasteiger partial charge >= 0.3 is 0 Å². The fraction of sp³-hybridized carbons (Fsp3) is 1.00. The molecule has 2 fully saturated rings. The van der Waals surface area contributed by atoms with Crippen molar-refractivity contribution in [3.8, 4) is 0 Å². The normalized spacial score (nSPS) is 35.2. The zero-order valence-electron chi connectivity index (χ0n) is 13.4. The van der Waals surface area contributed by atoms with Crippen LogP contribution in [0, 0.1) is 17.3 Å². The third-order valence-electron chi connectivity index (χ3n) is 4.54. The van der Waals surface area contributed by atoms with Crippen LogP contribution in [0.25, 0.3) is 0 Å². The fourth-order valence-electron chi connectivity index (χ4n) is 3.43. The summed E-state index contributed by atoms with van der Waals surface area (Å²) in [5, 5.41) is 3.36. The smallest absolute Gasteiger partial charge is 0.279 e. The van der Waals surface area contributed by atoms with Gasteiger partial charge in [-0.1, -0.05) is 20.8 Å². The highest BCUT2D eigenvalue weighted by atomic mass is 35.5. The van der Waals surface area contributed by atoms with Crippen LogP contribution in [-0.2, 0) is 10.2 Å². The second kappa shape index (κ2) is 7.59. The fourth-order valence-corrected chi connectivity index (χ4v) is 5.04. The lowest BCUT2D eigenvalue weighted by atomic mass is 9.83. The molecule has 126 valence electrons. The maximum Gasteiger partial charge on any atom is 0.279 e. The highest BCUT2D eigenvalue weighted by Crippen LogP contribution is 2.26. The molecular formula is C14H30ClN3O2S. The molecule has 21 heavy (non-hydrogen) atoms. The Labute approximate surface area is 135 Å². The van der Waals surface area contributed by atoms with Crippen LogP contribution in [0.5, 0.6) is 0 Å². The number of nitrogens with one attached hydrogen (secondary N) is 2. The summed E-state index contributed by atoms with van der Waals surface area (Å²) in [7, 11) is -3.33. The number of nitrogens with zero attached hydrogens (tertiary/aromatic N) is 1. The van der Waals surface area contributed by atoms with Gasteiger partial charge in [-0.15, -0.1) is 12.4 Å². The number of rotatable bonds is 4. The molecule has 0 aromatic carbocycles. The highest BCUT2D eigenvalue weighted by Gasteiger charge is 2.33. The van der Waals surface area contributed by atoms with Gasteiger partial charge in [-0.05, 0) is 43.1 Å². The molecule has 0 aliphatic carbocycles. The number of hydrogen-bond donors (Lipinski definition) is 2. The van der Waals surface area contributed by atoms with Crippen LogP contribution in [0.2, 0.25) is 0 Å².